The molecule has 1 heterocycles. The zero-order chi connectivity index (χ0) is 17.2. The van der Waals surface area contributed by atoms with Gasteiger partial charge >= 0.3 is 6.03 Å². The van der Waals surface area contributed by atoms with E-state index in [1.807, 2.05) is 13.0 Å². The summed E-state index contributed by atoms with van der Waals surface area (Å²) in [6.45, 7) is 3.60. The molecule has 0 aromatic heterocycles. The maximum atomic E-state index is 12.8. The van der Waals surface area contributed by atoms with E-state index in [4.69, 9.17) is 14.2 Å². The second-order valence-corrected chi connectivity index (χ2v) is 5.56. The van der Waals surface area contributed by atoms with Crippen molar-refractivity contribution in [2.24, 2.45) is 0 Å². The highest BCUT2D eigenvalue weighted by Crippen LogP contribution is 2.31. The standard InChI is InChI=1S/C16H22N2O5/c1-10-8-11(6-7-12(10)21-3)16(2)14(19)18(15(20)17-16)9-13(22-4)23-5/h6-8,13H,9H2,1-5H3,(H,17,20). The number of carbonyl (C=O) groups is 2. The minimum atomic E-state index is -1.12. The van der Waals surface area contributed by atoms with Gasteiger partial charge in [-0.3, -0.25) is 9.69 Å². The summed E-state index contributed by atoms with van der Waals surface area (Å²) in [6, 6.07) is 4.93. The van der Waals surface area contributed by atoms with Crippen LogP contribution in [0.3, 0.4) is 0 Å². The number of carbonyl (C=O) groups excluding carboxylic acids is 2. The summed E-state index contributed by atoms with van der Waals surface area (Å²) >= 11 is 0. The van der Waals surface area contributed by atoms with Crippen LogP contribution in [0.25, 0.3) is 0 Å². The fourth-order valence-electron chi connectivity index (χ4n) is 2.64. The van der Waals surface area contributed by atoms with Gasteiger partial charge in [-0.2, -0.15) is 0 Å². The highest BCUT2D eigenvalue weighted by molar-refractivity contribution is 6.07. The molecule has 0 saturated carbocycles. The molecular formula is C16H22N2O5. The van der Waals surface area contributed by atoms with E-state index >= 15 is 0 Å². The number of amides is 3. The van der Waals surface area contributed by atoms with Gasteiger partial charge in [-0.25, -0.2) is 4.79 Å². The third-order valence-corrected chi connectivity index (χ3v) is 4.10. The Bertz CT molecular complexity index is 614. The lowest BCUT2D eigenvalue weighted by Gasteiger charge is -2.24. The number of aryl methyl sites for hydroxylation is 1. The van der Waals surface area contributed by atoms with Crippen molar-refractivity contribution in [3.8, 4) is 5.75 Å². The first-order valence-electron chi connectivity index (χ1n) is 7.22. The quantitative estimate of drug-likeness (QED) is 0.632. The smallest absolute Gasteiger partial charge is 0.325 e. The van der Waals surface area contributed by atoms with E-state index < -0.39 is 17.9 Å². The van der Waals surface area contributed by atoms with E-state index in [1.54, 1.807) is 26.2 Å². The van der Waals surface area contributed by atoms with Crippen LogP contribution in [0.2, 0.25) is 0 Å². The number of urea groups is 1. The van der Waals surface area contributed by atoms with Crippen LogP contribution in [0, 0.1) is 6.92 Å². The van der Waals surface area contributed by atoms with Gasteiger partial charge in [0.25, 0.3) is 5.91 Å². The molecular weight excluding hydrogens is 300 g/mol. The molecule has 1 aromatic rings. The Balaban J connectivity index is 2.30. The number of nitrogens with zero attached hydrogens (tertiary/aromatic N) is 1. The summed E-state index contributed by atoms with van der Waals surface area (Å²) in [5.74, 6) is 0.385. The summed E-state index contributed by atoms with van der Waals surface area (Å²) in [7, 11) is 4.50. The topological polar surface area (TPSA) is 77.1 Å². The molecule has 1 aromatic carbocycles. The molecule has 0 spiro atoms. The molecule has 1 saturated heterocycles. The molecule has 7 nitrogen and oxygen atoms in total. The summed E-state index contributed by atoms with van der Waals surface area (Å²) in [4.78, 5) is 26.1. The predicted molar refractivity (Wildman–Crippen MR) is 83.1 cm³/mol. The van der Waals surface area contributed by atoms with E-state index in [0.29, 0.717) is 5.56 Å². The van der Waals surface area contributed by atoms with E-state index in [-0.39, 0.29) is 12.5 Å². The normalized spacial score (nSPS) is 21.0. The zero-order valence-corrected chi connectivity index (χ0v) is 14.0. The van der Waals surface area contributed by atoms with Gasteiger partial charge in [0.2, 0.25) is 0 Å². The molecule has 0 bridgehead atoms. The number of imide groups is 1. The number of hydrogen-bond donors (Lipinski definition) is 1. The van der Waals surface area contributed by atoms with Crippen molar-refractivity contribution >= 4 is 11.9 Å². The SMILES string of the molecule is COc1ccc(C2(C)NC(=O)N(CC(OC)OC)C2=O)cc1C. The van der Waals surface area contributed by atoms with Crippen molar-refractivity contribution in [2.45, 2.75) is 25.7 Å². The number of hydrogen-bond acceptors (Lipinski definition) is 5. The number of benzene rings is 1. The molecule has 126 valence electrons. The fourth-order valence-corrected chi connectivity index (χ4v) is 2.64. The molecule has 0 aliphatic carbocycles. The molecule has 0 radical (unpaired) electrons. The van der Waals surface area contributed by atoms with Gasteiger partial charge < -0.3 is 19.5 Å². The second kappa shape index (κ2) is 6.55. The summed E-state index contributed by atoms with van der Waals surface area (Å²) in [5, 5.41) is 2.75. The number of rotatable bonds is 6. The van der Waals surface area contributed by atoms with Crippen LogP contribution >= 0.6 is 0 Å². The lowest BCUT2D eigenvalue weighted by molar-refractivity contribution is -0.141. The zero-order valence-electron chi connectivity index (χ0n) is 14.0. The highest BCUT2D eigenvalue weighted by atomic mass is 16.7. The lowest BCUT2D eigenvalue weighted by atomic mass is 9.90. The first-order chi connectivity index (χ1) is 10.9. The molecule has 3 amide bonds. The van der Waals surface area contributed by atoms with Gasteiger partial charge in [-0.05, 0) is 37.1 Å². The van der Waals surface area contributed by atoms with Crippen LogP contribution in [0.1, 0.15) is 18.1 Å². The summed E-state index contributed by atoms with van der Waals surface area (Å²) < 4.78 is 15.4. The first kappa shape index (κ1) is 17.2. The molecule has 1 N–H and O–H groups in total. The van der Waals surface area contributed by atoms with Crippen LogP contribution < -0.4 is 10.1 Å². The third-order valence-electron chi connectivity index (χ3n) is 4.10. The maximum Gasteiger partial charge on any atom is 0.325 e. The van der Waals surface area contributed by atoms with Crippen molar-refractivity contribution in [3.05, 3.63) is 29.3 Å². The van der Waals surface area contributed by atoms with Gasteiger partial charge in [0.15, 0.2) is 6.29 Å². The van der Waals surface area contributed by atoms with Crippen LogP contribution in [0.4, 0.5) is 4.79 Å². The minimum absolute atomic E-state index is 0.0302. The van der Waals surface area contributed by atoms with Crippen LogP contribution in [-0.4, -0.2) is 51.0 Å². The van der Waals surface area contributed by atoms with E-state index in [1.165, 1.54) is 14.2 Å². The second-order valence-electron chi connectivity index (χ2n) is 5.56. The third kappa shape index (κ3) is 3.02. The Labute approximate surface area is 135 Å². The predicted octanol–water partition coefficient (Wildman–Crippen LogP) is 1.39. The van der Waals surface area contributed by atoms with Gasteiger partial charge in [0, 0.05) is 14.2 Å². The Morgan fingerprint density at radius 3 is 2.39 bits per heavy atom. The Morgan fingerprint density at radius 2 is 1.87 bits per heavy atom. The molecule has 1 unspecified atom stereocenters. The van der Waals surface area contributed by atoms with Crippen LogP contribution in [-0.2, 0) is 19.8 Å². The number of methoxy groups -OCH3 is 3. The molecule has 1 atom stereocenters. The minimum Gasteiger partial charge on any atom is -0.496 e. The maximum absolute atomic E-state index is 12.8. The van der Waals surface area contributed by atoms with Gasteiger partial charge in [-0.1, -0.05) is 6.07 Å². The summed E-state index contributed by atoms with van der Waals surface area (Å²) in [6.07, 6.45) is -0.662. The first-order valence-corrected chi connectivity index (χ1v) is 7.22. The van der Waals surface area contributed by atoms with Crippen LogP contribution in [0.5, 0.6) is 5.75 Å². The fraction of sp³-hybridized carbons (Fsp3) is 0.500. The molecule has 7 heteroatoms. The largest absolute Gasteiger partial charge is 0.496 e. The van der Waals surface area contributed by atoms with Crippen molar-refractivity contribution < 1.29 is 23.8 Å². The van der Waals surface area contributed by atoms with Crippen molar-refractivity contribution in [1.29, 1.82) is 0 Å². The Kier molecular flexibility index (Phi) is 4.91. The monoisotopic (exact) mass is 322 g/mol. The van der Waals surface area contributed by atoms with E-state index in [9.17, 15) is 9.59 Å². The summed E-state index contributed by atoms with van der Waals surface area (Å²) in [5.41, 5.74) is 0.460. The number of nitrogens with one attached hydrogen (secondary N) is 1. The lowest BCUT2D eigenvalue weighted by Crippen LogP contribution is -2.42. The highest BCUT2D eigenvalue weighted by Gasteiger charge is 2.49. The average Bonchev–Trinajstić information content (AvgIpc) is 2.76. The molecule has 1 fully saturated rings. The Morgan fingerprint density at radius 1 is 1.22 bits per heavy atom. The molecule has 1 aliphatic rings. The van der Waals surface area contributed by atoms with Crippen molar-refractivity contribution in [1.82, 2.24) is 10.2 Å². The molecule has 23 heavy (non-hydrogen) atoms. The van der Waals surface area contributed by atoms with E-state index in [2.05, 4.69) is 5.32 Å². The van der Waals surface area contributed by atoms with Crippen LogP contribution in [0.15, 0.2) is 18.2 Å². The van der Waals surface area contributed by atoms with Gasteiger partial charge in [0.1, 0.15) is 11.3 Å². The molecule has 1 aliphatic heterocycles. The Hall–Kier alpha value is -2.12. The molecule has 2 rings (SSSR count). The van der Waals surface area contributed by atoms with Gasteiger partial charge in [-0.15, -0.1) is 0 Å². The average molecular weight is 322 g/mol. The van der Waals surface area contributed by atoms with Crippen molar-refractivity contribution in [3.63, 3.8) is 0 Å². The van der Waals surface area contributed by atoms with Gasteiger partial charge in [0.05, 0.1) is 13.7 Å². The number of ether oxygens (including phenoxy) is 3. The van der Waals surface area contributed by atoms with E-state index in [0.717, 1.165) is 16.2 Å². The van der Waals surface area contributed by atoms with Crippen molar-refractivity contribution in [2.75, 3.05) is 27.9 Å².